The summed E-state index contributed by atoms with van der Waals surface area (Å²) in [5.74, 6) is -0.884. The van der Waals surface area contributed by atoms with Crippen molar-refractivity contribution >= 4 is 17.8 Å². The molecule has 2 N–H and O–H groups in total. The van der Waals surface area contributed by atoms with Gasteiger partial charge in [0.05, 0.1) is 6.42 Å². The average molecular weight is 319 g/mol. The molecule has 1 aromatic rings. The van der Waals surface area contributed by atoms with E-state index in [1.165, 1.54) is 12.1 Å². The number of nitrogens with one attached hydrogen (secondary N) is 2. The molecule has 1 aromatic carbocycles. The zero-order valence-corrected chi connectivity index (χ0v) is 12.5. The molecule has 2 atom stereocenters. The molecule has 2 heterocycles. The topological polar surface area (TPSA) is 78.5 Å². The molecule has 122 valence electrons. The van der Waals surface area contributed by atoms with Gasteiger partial charge in [0.2, 0.25) is 5.91 Å². The Labute approximate surface area is 133 Å². The number of benzene rings is 1. The van der Waals surface area contributed by atoms with Gasteiger partial charge in [0.15, 0.2) is 0 Å². The van der Waals surface area contributed by atoms with Crippen LogP contribution in [0.15, 0.2) is 24.3 Å². The number of imide groups is 1. The zero-order valence-electron chi connectivity index (χ0n) is 12.5. The van der Waals surface area contributed by atoms with Crippen LogP contribution in [0.1, 0.15) is 24.8 Å². The van der Waals surface area contributed by atoms with E-state index in [1.54, 1.807) is 17.0 Å². The second kappa shape index (κ2) is 6.36. The summed E-state index contributed by atoms with van der Waals surface area (Å²) >= 11 is 0. The van der Waals surface area contributed by atoms with Crippen LogP contribution in [0, 0.1) is 5.82 Å². The number of urea groups is 1. The van der Waals surface area contributed by atoms with Crippen molar-refractivity contribution in [3.05, 3.63) is 35.6 Å². The minimum absolute atomic E-state index is 0.0303. The van der Waals surface area contributed by atoms with Crippen LogP contribution in [0.4, 0.5) is 9.18 Å². The van der Waals surface area contributed by atoms with Gasteiger partial charge in [-0.1, -0.05) is 12.1 Å². The summed E-state index contributed by atoms with van der Waals surface area (Å²) in [6.45, 7) is 0.646. The van der Waals surface area contributed by atoms with Gasteiger partial charge in [-0.2, -0.15) is 0 Å². The van der Waals surface area contributed by atoms with Gasteiger partial charge >= 0.3 is 6.03 Å². The van der Waals surface area contributed by atoms with E-state index >= 15 is 0 Å². The zero-order chi connectivity index (χ0) is 16.4. The van der Waals surface area contributed by atoms with E-state index in [0.29, 0.717) is 13.0 Å². The van der Waals surface area contributed by atoms with E-state index in [1.807, 2.05) is 0 Å². The number of carbonyl (C=O) groups is 3. The predicted octanol–water partition coefficient (Wildman–Crippen LogP) is 0.957. The number of likely N-dealkylation sites (tertiary alicyclic amines) is 1. The Hall–Kier alpha value is -2.44. The fourth-order valence-electron chi connectivity index (χ4n) is 3.16. The largest absolute Gasteiger partial charge is 0.339 e. The third kappa shape index (κ3) is 3.49. The summed E-state index contributed by atoms with van der Waals surface area (Å²) in [5, 5.41) is 4.56. The van der Waals surface area contributed by atoms with Crippen LogP contribution in [0.3, 0.4) is 0 Å². The maximum Gasteiger partial charge on any atom is 0.322 e. The molecule has 23 heavy (non-hydrogen) atoms. The van der Waals surface area contributed by atoms with Gasteiger partial charge in [-0.3, -0.25) is 14.9 Å². The molecule has 0 bridgehead atoms. The highest BCUT2D eigenvalue weighted by Crippen LogP contribution is 2.22. The minimum atomic E-state index is -0.790. The highest BCUT2D eigenvalue weighted by molar-refractivity contribution is 6.05. The summed E-state index contributed by atoms with van der Waals surface area (Å²) < 4.78 is 13.0. The molecule has 0 spiro atoms. The summed E-state index contributed by atoms with van der Waals surface area (Å²) in [6.07, 6.45) is 2.42. The number of nitrogens with zero attached hydrogens (tertiary/aromatic N) is 1. The molecule has 0 aliphatic carbocycles. The number of carbonyl (C=O) groups excluding carboxylic acids is 3. The van der Waals surface area contributed by atoms with Crippen LogP contribution in [-0.2, 0) is 16.0 Å². The number of amides is 4. The van der Waals surface area contributed by atoms with E-state index in [-0.39, 0.29) is 24.2 Å². The van der Waals surface area contributed by atoms with Crippen molar-refractivity contribution in [2.75, 3.05) is 6.54 Å². The van der Waals surface area contributed by atoms with Crippen molar-refractivity contribution in [3.8, 4) is 0 Å². The van der Waals surface area contributed by atoms with Gasteiger partial charge in [-0.25, -0.2) is 9.18 Å². The van der Waals surface area contributed by atoms with E-state index in [2.05, 4.69) is 10.6 Å². The molecule has 2 fully saturated rings. The summed E-state index contributed by atoms with van der Waals surface area (Å²) in [7, 11) is 0. The van der Waals surface area contributed by atoms with Crippen LogP contribution < -0.4 is 10.6 Å². The maximum atomic E-state index is 13.0. The lowest BCUT2D eigenvalue weighted by Crippen LogP contribution is -2.41. The molecule has 2 aliphatic rings. The first kappa shape index (κ1) is 15.5. The van der Waals surface area contributed by atoms with Crippen molar-refractivity contribution in [3.63, 3.8) is 0 Å². The van der Waals surface area contributed by atoms with E-state index in [9.17, 15) is 18.8 Å². The van der Waals surface area contributed by atoms with Crippen LogP contribution in [0.5, 0.6) is 0 Å². The molecule has 6 nitrogen and oxygen atoms in total. The monoisotopic (exact) mass is 319 g/mol. The molecule has 2 saturated heterocycles. The van der Waals surface area contributed by atoms with Crippen molar-refractivity contribution in [1.82, 2.24) is 15.5 Å². The Bertz CT molecular complexity index is 632. The second-order valence-corrected chi connectivity index (χ2v) is 5.93. The molecule has 0 saturated carbocycles. The fourth-order valence-corrected chi connectivity index (χ4v) is 3.16. The van der Waals surface area contributed by atoms with Crippen molar-refractivity contribution in [1.29, 1.82) is 0 Å². The van der Waals surface area contributed by atoms with Gasteiger partial charge < -0.3 is 10.2 Å². The number of hydrogen-bond donors (Lipinski definition) is 2. The molecular weight excluding hydrogens is 301 g/mol. The molecule has 0 radical (unpaired) electrons. The first-order valence-electron chi connectivity index (χ1n) is 7.68. The molecule has 3 rings (SSSR count). The lowest BCUT2D eigenvalue weighted by molar-refractivity contribution is -0.134. The Kier molecular flexibility index (Phi) is 4.27. The molecule has 7 heteroatoms. The Balaban J connectivity index is 1.61. The third-order valence-corrected chi connectivity index (χ3v) is 4.32. The van der Waals surface area contributed by atoms with Gasteiger partial charge in [0, 0.05) is 12.6 Å². The van der Waals surface area contributed by atoms with Crippen molar-refractivity contribution in [2.45, 2.75) is 37.8 Å². The van der Waals surface area contributed by atoms with E-state index in [4.69, 9.17) is 0 Å². The van der Waals surface area contributed by atoms with Crippen molar-refractivity contribution in [2.24, 2.45) is 0 Å². The van der Waals surface area contributed by atoms with Crippen LogP contribution in [0.2, 0.25) is 0 Å². The van der Waals surface area contributed by atoms with Gasteiger partial charge in [-0.05, 0) is 37.0 Å². The predicted molar refractivity (Wildman–Crippen MR) is 79.9 cm³/mol. The Morgan fingerprint density at radius 1 is 1.26 bits per heavy atom. The van der Waals surface area contributed by atoms with Gasteiger partial charge in [0.1, 0.15) is 11.9 Å². The summed E-state index contributed by atoms with van der Waals surface area (Å²) in [5.41, 5.74) is 0.975. The third-order valence-electron chi connectivity index (χ3n) is 4.32. The molecule has 4 amide bonds. The number of hydrogen-bond acceptors (Lipinski definition) is 3. The van der Waals surface area contributed by atoms with E-state index < -0.39 is 18.0 Å². The standard InChI is InChI=1S/C16H18FN3O3/c17-11-5-3-10(4-6-11)8-12-2-1-7-20(12)14(21)9-13-15(22)19-16(23)18-13/h3-6,12-13H,1-2,7-9H2,(H2,18,19,22,23)/t12-,13+/m0/s1. The lowest BCUT2D eigenvalue weighted by Gasteiger charge is -2.25. The van der Waals surface area contributed by atoms with Crippen LogP contribution in [0.25, 0.3) is 0 Å². The normalized spacial score (nSPS) is 23.8. The van der Waals surface area contributed by atoms with Gasteiger partial charge in [0.25, 0.3) is 5.91 Å². The summed E-state index contributed by atoms with van der Waals surface area (Å²) in [4.78, 5) is 36.8. The molecule has 0 aromatic heterocycles. The van der Waals surface area contributed by atoms with Crippen molar-refractivity contribution < 1.29 is 18.8 Å². The second-order valence-electron chi connectivity index (χ2n) is 5.93. The van der Waals surface area contributed by atoms with Gasteiger partial charge in [-0.15, -0.1) is 0 Å². The van der Waals surface area contributed by atoms with E-state index in [0.717, 1.165) is 18.4 Å². The SMILES string of the molecule is O=C1NC(=O)[C@@H](CC(=O)N2CCC[C@H]2Cc2ccc(F)cc2)N1. The fraction of sp³-hybridized carbons (Fsp3) is 0.438. The Morgan fingerprint density at radius 3 is 2.65 bits per heavy atom. The highest BCUT2D eigenvalue weighted by atomic mass is 19.1. The lowest BCUT2D eigenvalue weighted by atomic mass is 10.0. The van der Waals surface area contributed by atoms with Crippen LogP contribution in [-0.4, -0.2) is 41.4 Å². The number of halogens is 1. The van der Waals surface area contributed by atoms with Crippen LogP contribution >= 0.6 is 0 Å². The Morgan fingerprint density at radius 2 is 2.00 bits per heavy atom. The maximum absolute atomic E-state index is 13.0. The molecular formula is C16H18FN3O3. The number of rotatable bonds is 4. The quantitative estimate of drug-likeness (QED) is 0.811. The first-order chi connectivity index (χ1) is 11.0. The first-order valence-corrected chi connectivity index (χ1v) is 7.68. The smallest absolute Gasteiger partial charge is 0.322 e. The highest BCUT2D eigenvalue weighted by Gasteiger charge is 2.35. The average Bonchev–Trinajstić information content (AvgIpc) is 3.08. The molecule has 2 aliphatic heterocycles. The minimum Gasteiger partial charge on any atom is -0.339 e. The molecule has 0 unspecified atom stereocenters. The summed E-state index contributed by atoms with van der Waals surface area (Å²) in [6, 6.07) is 4.97.